The minimum absolute atomic E-state index is 0.161. The molecule has 39 heavy (non-hydrogen) atoms. The van der Waals surface area contributed by atoms with Gasteiger partial charge in [0, 0.05) is 6.20 Å². The highest BCUT2D eigenvalue weighted by atomic mass is 35.5. The van der Waals surface area contributed by atoms with Crippen LogP contribution in [0.2, 0.25) is 0 Å². The first kappa shape index (κ1) is 31.5. The number of hydrogen-bond donors (Lipinski definition) is 2. The van der Waals surface area contributed by atoms with Gasteiger partial charge in [-0.3, -0.25) is 19.3 Å². The summed E-state index contributed by atoms with van der Waals surface area (Å²) in [5, 5.41) is 12.7. The van der Waals surface area contributed by atoms with Gasteiger partial charge in [-0.2, -0.15) is 0 Å². The predicted octanol–water partition coefficient (Wildman–Crippen LogP) is 3.18. The molecule has 2 aliphatic rings. The fourth-order valence-electron chi connectivity index (χ4n) is 3.68. The molecule has 2 N–H and O–H groups in total. The molecule has 3 rings (SSSR count). The number of aliphatic hydroxyl groups excluding tert-OH is 1. The number of nitrogens with zero attached hydrogens (tertiary/aromatic N) is 1. The molecule has 0 saturated carbocycles. The number of alkyl halides is 3. The number of esters is 1. The third-order valence-electron chi connectivity index (χ3n) is 5.65. The zero-order valence-electron chi connectivity index (χ0n) is 21.0. The van der Waals surface area contributed by atoms with Crippen molar-refractivity contribution in [2.75, 3.05) is 6.61 Å². The Kier molecular flexibility index (Phi) is 10.2. The van der Waals surface area contributed by atoms with Crippen LogP contribution in [0.5, 0.6) is 5.75 Å². The number of halogens is 4. The van der Waals surface area contributed by atoms with Crippen molar-refractivity contribution < 1.29 is 51.2 Å². The topological polar surface area (TPSA) is 124 Å². The smallest absolute Gasteiger partial charge is 0.323 e. The highest BCUT2D eigenvalue weighted by Crippen LogP contribution is 2.49. The van der Waals surface area contributed by atoms with Crippen molar-refractivity contribution in [2.45, 2.75) is 69.9 Å². The minimum Gasteiger partial charge on any atom is -0.462 e. The lowest BCUT2D eigenvalue weighted by molar-refractivity contribution is -0.192. The minimum atomic E-state index is -3.90. The number of carbonyl (C=O) groups excluding carboxylic acids is 3. The summed E-state index contributed by atoms with van der Waals surface area (Å²) in [4.78, 5) is 37.0. The highest BCUT2D eigenvalue weighted by molar-refractivity contribution is 8.09. The number of hydrogen-bond acceptors (Lipinski definition) is 9. The normalized spacial score (nSPS) is 27.9. The van der Waals surface area contributed by atoms with E-state index >= 15 is 4.39 Å². The molecule has 1 fully saturated rings. The van der Waals surface area contributed by atoms with Crippen LogP contribution in [0.4, 0.5) is 13.2 Å². The molecule has 6 atom stereocenters. The van der Waals surface area contributed by atoms with Crippen LogP contribution in [0.1, 0.15) is 27.2 Å². The van der Waals surface area contributed by atoms with Gasteiger partial charge in [0.25, 0.3) is 6.43 Å². The van der Waals surface area contributed by atoms with E-state index in [4.69, 9.17) is 41.9 Å². The zero-order chi connectivity index (χ0) is 29.1. The number of amides is 1. The van der Waals surface area contributed by atoms with Crippen LogP contribution >= 0.6 is 18.2 Å². The Morgan fingerprint density at radius 2 is 1.95 bits per heavy atom. The molecular formula is C23H27ClF3N2O8PS. The van der Waals surface area contributed by atoms with Crippen molar-refractivity contribution in [1.29, 1.82) is 0 Å². The number of allylic oxidation sites excluding steroid dienone is 1. The fraction of sp³-hybridized carbons (Fsp3) is 0.522. The number of ketones is 1. The lowest BCUT2D eigenvalue weighted by Gasteiger charge is -2.34. The summed E-state index contributed by atoms with van der Waals surface area (Å²) in [5.41, 5.74) is -3.11. The lowest BCUT2D eigenvalue weighted by Crippen LogP contribution is -2.51. The van der Waals surface area contributed by atoms with Crippen molar-refractivity contribution in [3.63, 3.8) is 0 Å². The summed E-state index contributed by atoms with van der Waals surface area (Å²) in [6.07, 6.45) is -11.0. The number of benzene rings is 1. The number of Topliss-reactive ketones (excluding diaryl/α,β-unsaturated/α-hetero) is 1. The summed E-state index contributed by atoms with van der Waals surface area (Å²) >= 11 is 11.2. The third-order valence-corrected chi connectivity index (χ3v) is 8.44. The van der Waals surface area contributed by atoms with Crippen LogP contribution in [0.3, 0.4) is 0 Å². The third kappa shape index (κ3) is 7.18. The van der Waals surface area contributed by atoms with E-state index in [1.807, 2.05) is 0 Å². The molecule has 16 heteroatoms. The van der Waals surface area contributed by atoms with Crippen molar-refractivity contribution >= 4 is 47.7 Å². The molecule has 0 aromatic heterocycles. The van der Waals surface area contributed by atoms with Crippen LogP contribution in [0.15, 0.2) is 41.6 Å². The first-order valence-corrected chi connectivity index (χ1v) is 14.7. The molecule has 1 aromatic carbocycles. The first-order chi connectivity index (χ1) is 18.2. The summed E-state index contributed by atoms with van der Waals surface area (Å²) in [5.74, 6) is -2.25. The van der Waals surface area contributed by atoms with Gasteiger partial charge in [-0.1, -0.05) is 29.8 Å². The molecule has 1 saturated heterocycles. The van der Waals surface area contributed by atoms with E-state index in [-0.39, 0.29) is 5.75 Å². The molecular weight excluding hydrogens is 588 g/mol. The first-order valence-electron chi connectivity index (χ1n) is 11.7. The Labute approximate surface area is 232 Å². The Balaban J connectivity index is 1.88. The second-order valence-corrected chi connectivity index (χ2v) is 12.6. The number of carbonyl (C=O) groups is 3. The fourth-order valence-corrected chi connectivity index (χ4v) is 6.27. The van der Waals surface area contributed by atoms with Gasteiger partial charge in [0.15, 0.2) is 23.8 Å². The maximum atomic E-state index is 15.4. The van der Waals surface area contributed by atoms with E-state index in [1.165, 1.54) is 19.1 Å². The summed E-state index contributed by atoms with van der Waals surface area (Å²) in [7, 11) is 0. The van der Waals surface area contributed by atoms with Crippen LogP contribution in [-0.4, -0.2) is 76.9 Å². The van der Waals surface area contributed by atoms with Gasteiger partial charge in [-0.25, -0.2) is 18.3 Å². The lowest BCUT2D eigenvalue weighted by atomic mass is 9.98. The molecule has 0 spiro atoms. The number of para-hydroxylation sites is 1. The summed E-state index contributed by atoms with van der Waals surface area (Å²) < 4.78 is 65.9. The van der Waals surface area contributed by atoms with E-state index < -0.39 is 85.0 Å². The second-order valence-electron chi connectivity index (χ2n) is 9.05. The number of ether oxygens (including phenoxy) is 2. The zero-order valence-corrected chi connectivity index (χ0v) is 23.4. The molecule has 216 valence electrons. The van der Waals surface area contributed by atoms with E-state index in [2.05, 4.69) is 5.09 Å². The summed E-state index contributed by atoms with van der Waals surface area (Å²) in [6.45, 7) is -0.518. The molecule has 2 aliphatic heterocycles. The molecule has 0 bridgehead atoms. The van der Waals surface area contributed by atoms with Crippen molar-refractivity contribution in [3.05, 3.63) is 41.6 Å². The molecule has 10 nitrogen and oxygen atoms in total. The maximum absolute atomic E-state index is 15.4. The van der Waals surface area contributed by atoms with Gasteiger partial charge in [-0.15, -0.1) is 0 Å². The standard InChI is InChI=1S/C23H27ClF3N2O8PS/c1-12(2)35-21(33)13(3)28-38(39,37-14-7-5-4-6-8-14)34-11-23(22(26)27)19(25)18(32)20(36-23)29-10-15(24)16(30)9-17(29)31/h4-8,10,12-13,18-20,22,32H,9,11H2,1-3H3,(H,28,39)/t13-,18+,19+,20+,23+,38?/m0/s1. The van der Waals surface area contributed by atoms with Gasteiger partial charge in [0.2, 0.25) is 5.91 Å². The van der Waals surface area contributed by atoms with E-state index in [1.54, 1.807) is 32.0 Å². The SMILES string of the molecule is CC(C)OC(=O)[C@H](C)NP(=S)(OC[C@@]1(C(F)F)O[C@@H](N2C=C(Cl)C(=O)CC2=O)[C@H](O)[C@H]1F)Oc1ccccc1. The quantitative estimate of drug-likeness (QED) is 0.218. The predicted molar refractivity (Wildman–Crippen MR) is 136 cm³/mol. The van der Waals surface area contributed by atoms with Crippen molar-refractivity contribution in [1.82, 2.24) is 9.99 Å². The van der Waals surface area contributed by atoms with E-state index in [9.17, 15) is 28.3 Å². The van der Waals surface area contributed by atoms with Gasteiger partial charge < -0.3 is 23.6 Å². The summed E-state index contributed by atoms with van der Waals surface area (Å²) in [6, 6.07) is 6.75. The Bertz CT molecular complexity index is 1160. The van der Waals surface area contributed by atoms with Gasteiger partial charge in [0.05, 0.1) is 19.1 Å². The van der Waals surface area contributed by atoms with Crippen LogP contribution < -0.4 is 9.61 Å². The highest BCUT2D eigenvalue weighted by Gasteiger charge is 2.63. The van der Waals surface area contributed by atoms with Crippen molar-refractivity contribution in [2.24, 2.45) is 0 Å². The molecule has 0 radical (unpaired) electrons. The second kappa shape index (κ2) is 12.6. The average molecular weight is 615 g/mol. The van der Waals surface area contributed by atoms with E-state index in [0.29, 0.717) is 4.90 Å². The molecule has 1 aromatic rings. The molecule has 1 amide bonds. The van der Waals surface area contributed by atoms with Gasteiger partial charge in [-0.05, 0) is 44.7 Å². The molecule has 1 unspecified atom stereocenters. The largest absolute Gasteiger partial charge is 0.462 e. The average Bonchev–Trinajstić information content (AvgIpc) is 3.11. The Morgan fingerprint density at radius 1 is 1.31 bits per heavy atom. The van der Waals surface area contributed by atoms with Crippen LogP contribution in [-0.2, 0) is 40.2 Å². The van der Waals surface area contributed by atoms with Crippen LogP contribution in [0.25, 0.3) is 0 Å². The molecule has 0 aliphatic carbocycles. The monoisotopic (exact) mass is 614 g/mol. The van der Waals surface area contributed by atoms with E-state index in [0.717, 1.165) is 6.20 Å². The van der Waals surface area contributed by atoms with Gasteiger partial charge in [0.1, 0.15) is 22.9 Å². The van der Waals surface area contributed by atoms with Crippen molar-refractivity contribution in [3.8, 4) is 5.75 Å². The molecule has 2 heterocycles. The van der Waals surface area contributed by atoms with Gasteiger partial charge >= 0.3 is 12.6 Å². The Morgan fingerprint density at radius 3 is 2.54 bits per heavy atom. The Hall–Kier alpha value is -2.06. The maximum Gasteiger partial charge on any atom is 0.323 e. The van der Waals surface area contributed by atoms with Crippen LogP contribution in [0, 0.1) is 0 Å². The number of nitrogens with one attached hydrogen (secondary N) is 1. The number of aliphatic hydroxyl groups is 1. The number of rotatable bonds is 11.